The zero-order chi connectivity index (χ0) is 13.7. The van der Waals surface area contributed by atoms with Crippen molar-refractivity contribution in [3.05, 3.63) is 48.0 Å². The third kappa shape index (κ3) is 3.79. The lowest BCUT2D eigenvalue weighted by Gasteiger charge is -2.17. The largest absolute Gasteiger partial charge is 0.384 e. The van der Waals surface area contributed by atoms with Gasteiger partial charge in [-0.1, -0.05) is 49.4 Å². The van der Waals surface area contributed by atoms with E-state index in [1.807, 2.05) is 0 Å². The van der Waals surface area contributed by atoms with E-state index in [0.717, 1.165) is 19.4 Å². The maximum atomic E-state index is 6.27. The van der Waals surface area contributed by atoms with E-state index in [-0.39, 0.29) is 6.04 Å². The van der Waals surface area contributed by atoms with Crippen molar-refractivity contribution >= 4 is 10.8 Å². The van der Waals surface area contributed by atoms with Crippen molar-refractivity contribution in [2.24, 2.45) is 11.7 Å². The van der Waals surface area contributed by atoms with Gasteiger partial charge in [0.1, 0.15) is 0 Å². The molecule has 2 rings (SSSR count). The highest BCUT2D eigenvalue weighted by Gasteiger charge is 2.11. The summed E-state index contributed by atoms with van der Waals surface area (Å²) in [5.41, 5.74) is 7.62. The van der Waals surface area contributed by atoms with E-state index in [0.29, 0.717) is 5.92 Å². The summed E-state index contributed by atoms with van der Waals surface area (Å²) in [5.74, 6) is 0.509. The standard InChI is InChI=1S/C17H23NO/c1-13(12-19-2)10-16(18)11-15-8-5-7-14-6-3-4-9-17(14)15/h3-9,13,16H,10-12,18H2,1-2H3. The molecule has 2 heteroatoms. The van der Waals surface area contributed by atoms with Gasteiger partial charge in [0.2, 0.25) is 0 Å². The molecule has 2 aromatic carbocycles. The zero-order valence-corrected chi connectivity index (χ0v) is 11.8. The third-order valence-corrected chi connectivity index (χ3v) is 3.52. The van der Waals surface area contributed by atoms with E-state index in [9.17, 15) is 0 Å². The van der Waals surface area contributed by atoms with Gasteiger partial charge in [0.25, 0.3) is 0 Å². The molecule has 0 saturated carbocycles. The molecule has 2 atom stereocenters. The number of hydrogen-bond acceptors (Lipinski definition) is 2. The van der Waals surface area contributed by atoms with Crippen LogP contribution < -0.4 is 5.73 Å². The molecule has 0 heterocycles. The van der Waals surface area contributed by atoms with Gasteiger partial charge in [-0.15, -0.1) is 0 Å². The molecular weight excluding hydrogens is 234 g/mol. The van der Waals surface area contributed by atoms with E-state index in [2.05, 4.69) is 49.4 Å². The molecule has 2 N–H and O–H groups in total. The Kier molecular flexibility index (Phi) is 4.94. The van der Waals surface area contributed by atoms with Crippen LogP contribution in [0.2, 0.25) is 0 Å². The minimum Gasteiger partial charge on any atom is -0.384 e. The fourth-order valence-corrected chi connectivity index (χ4v) is 2.71. The monoisotopic (exact) mass is 257 g/mol. The van der Waals surface area contributed by atoms with Crippen LogP contribution in [0.3, 0.4) is 0 Å². The summed E-state index contributed by atoms with van der Waals surface area (Å²) in [7, 11) is 1.74. The Bertz CT molecular complexity index is 518. The average molecular weight is 257 g/mol. The van der Waals surface area contributed by atoms with E-state index in [4.69, 9.17) is 10.5 Å². The van der Waals surface area contributed by atoms with Gasteiger partial charge >= 0.3 is 0 Å². The number of ether oxygens (including phenoxy) is 1. The van der Waals surface area contributed by atoms with Crippen LogP contribution in [-0.4, -0.2) is 19.8 Å². The molecular formula is C17H23NO. The van der Waals surface area contributed by atoms with Gasteiger partial charge in [-0.05, 0) is 35.1 Å². The molecule has 0 aromatic heterocycles. The fourth-order valence-electron chi connectivity index (χ4n) is 2.71. The van der Waals surface area contributed by atoms with Crippen molar-refractivity contribution in [1.29, 1.82) is 0 Å². The van der Waals surface area contributed by atoms with Crippen LogP contribution in [0.1, 0.15) is 18.9 Å². The highest BCUT2D eigenvalue weighted by molar-refractivity contribution is 5.85. The Morgan fingerprint density at radius 3 is 2.63 bits per heavy atom. The Morgan fingerprint density at radius 1 is 1.11 bits per heavy atom. The molecule has 0 fully saturated rings. The molecule has 0 spiro atoms. The van der Waals surface area contributed by atoms with Gasteiger partial charge in [-0.3, -0.25) is 0 Å². The number of benzene rings is 2. The minimum absolute atomic E-state index is 0.191. The lowest BCUT2D eigenvalue weighted by molar-refractivity contribution is 0.152. The predicted octanol–water partition coefficient (Wildman–Crippen LogP) is 3.38. The van der Waals surface area contributed by atoms with E-state index < -0.39 is 0 Å². The molecule has 102 valence electrons. The van der Waals surface area contributed by atoms with Gasteiger partial charge in [0, 0.05) is 19.8 Å². The molecule has 2 nitrogen and oxygen atoms in total. The number of rotatable bonds is 6. The molecule has 0 aliphatic heterocycles. The number of nitrogens with two attached hydrogens (primary N) is 1. The van der Waals surface area contributed by atoms with Crippen LogP contribution in [0.5, 0.6) is 0 Å². The van der Waals surface area contributed by atoms with Crippen molar-refractivity contribution in [2.75, 3.05) is 13.7 Å². The van der Waals surface area contributed by atoms with E-state index in [1.54, 1.807) is 7.11 Å². The van der Waals surface area contributed by atoms with Crippen molar-refractivity contribution in [1.82, 2.24) is 0 Å². The molecule has 0 bridgehead atoms. The molecule has 2 unspecified atom stereocenters. The number of hydrogen-bond donors (Lipinski definition) is 1. The van der Waals surface area contributed by atoms with Crippen molar-refractivity contribution in [3.63, 3.8) is 0 Å². The first-order valence-corrected chi connectivity index (χ1v) is 6.92. The maximum absolute atomic E-state index is 6.27. The Labute approximate surface area is 115 Å². The second-order valence-corrected chi connectivity index (χ2v) is 5.40. The highest BCUT2D eigenvalue weighted by Crippen LogP contribution is 2.20. The molecule has 0 aliphatic carbocycles. The van der Waals surface area contributed by atoms with Crippen LogP contribution in [-0.2, 0) is 11.2 Å². The summed E-state index contributed by atoms with van der Waals surface area (Å²) in [6, 6.07) is 15.1. The van der Waals surface area contributed by atoms with E-state index >= 15 is 0 Å². The first-order valence-electron chi connectivity index (χ1n) is 6.92. The Morgan fingerprint density at radius 2 is 1.84 bits per heavy atom. The SMILES string of the molecule is COCC(C)CC(N)Cc1cccc2ccccc12. The fraction of sp³-hybridized carbons (Fsp3) is 0.412. The van der Waals surface area contributed by atoms with Crippen molar-refractivity contribution < 1.29 is 4.74 Å². The molecule has 0 saturated heterocycles. The lowest BCUT2D eigenvalue weighted by atomic mass is 9.94. The molecule has 19 heavy (non-hydrogen) atoms. The normalized spacial score (nSPS) is 14.5. The van der Waals surface area contributed by atoms with Crippen LogP contribution in [0, 0.1) is 5.92 Å². The van der Waals surface area contributed by atoms with Gasteiger partial charge < -0.3 is 10.5 Å². The quantitative estimate of drug-likeness (QED) is 0.861. The predicted molar refractivity (Wildman–Crippen MR) is 81.3 cm³/mol. The number of fused-ring (bicyclic) bond motifs is 1. The van der Waals surface area contributed by atoms with Crippen molar-refractivity contribution in [3.8, 4) is 0 Å². The van der Waals surface area contributed by atoms with Gasteiger partial charge in [-0.2, -0.15) is 0 Å². The van der Waals surface area contributed by atoms with Gasteiger partial charge in [0.15, 0.2) is 0 Å². The Balaban J connectivity index is 2.08. The van der Waals surface area contributed by atoms with Crippen LogP contribution in [0.15, 0.2) is 42.5 Å². The summed E-state index contributed by atoms with van der Waals surface area (Å²) in [4.78, 5) is 0. The Hall–Kier alpha value is -1.38. The van der Waals surface area contributed by atoms with Crippen LogP contribution in [0.25, 0.3) is 10.8 Å². The first-order chi connectivity index (χ1) is 9.20. The highest BCUT2D eigenvalue weighted by atomic mass is 16.5. The minimum atomic E-state index is 0.191. The van der Waals surface area contributed by atoms with Gasteiger partial charge in [-0.25, -0.2) is 0 Å². The summed E-state index contributed by atoms with van der Waals surface area (Å²) < 4.78 is 5.17. The topological polar surface area (TPSA) is 35.2 Å². The molecule has 0 aliphatic rings. The van der Waals surface area contributed by atoms with Crippen molar-refractivity contribution in [2.45, 2.75) is 25.8 Å². The van der Waals surface area contributed by atoms with E-state index in [1.165, 1.54) is 16.3 Å². The average Bonchev–Trinajstić information content (AvgIpc) is 2.39. The molecule has 2 aromatic rings. The summed E-state index contributed by atoms with van der Waals surface area (Å²) in [6.07, 6.45) is 1.92. The van der Waals surface area contributed by atoms with Crippen LogP contribution >= 0.6 is 0 Å². The summed E-state index contributed by atoms with van der Waals surface area (Å²) in [5, 5.41) is 2.61. The summed E-state index contributed by atoms with van der Waals surface area (Å²) >= 11 is 0. The van der Waals surface area contributed by atoms with Gasteiger partial charge in [0.05, 0.1) is 0 Å². The first kappa shape index (κ1) is 14.0. The third-order valence-electron chi connectivity index (χ3n) is 3.52. The number of methoxy groups -OCH3 is 1. The smallest absolute Gasteiger partial charge is 0.0488 e. The molecule has 0 radical (unpaired) electrons. The van der Waals surface area contributed by atoms with Crippen LogP contribution in [0.4, 0.5) is 0 Å². The maximum Gasteiger partial charge on any atom is 0.0488 e. The molecule has 0 amide bonds. The second-order valence-electron chi connectivity index (χ2n) is 5.40. The zero-order valence-electron chi connectivity index (χ0n) is 11.8. The lowest BCUT2D eigenvalue weighted by Crippen LogP contribution is -2.26. The summed E-state index contributed by atoms with van der Waals surface area (Å²) in [6.45, 7) is 2.97. The second kappa shape index (κ2) is 6.69.